The quantitative estimate of drug-likeness (QED) is 0.279. The van der Waals surface area contributed by atoms with E-state index in [1.165, 1.54) is 10.9 Å². The number of hydrogen-bond donors (Lipinski definition) is 0. The Morgan fingerprint density at radius 3 is 2.95 bits per heavy atom. The number of nitrogens with zero attached hydrogens (tertiary/aromatic N) is 7. The van der Waals surface area contributed by atoms with Gasteiger partial charge < -0.3 is 4.90 Å². The molecule has 0 saturated carbocycles. The fourth-order valence-corrected chi connectivity index (χ4v) is 2.51. The van der Waals surface area contributed by atoms with Crippen molar-refractivity contribution >= 4 is 11.5 Å². The summed E-state index contributed by atoms with van der Waals surface area (Å²) in [4.78, 5) is 15.0. The number of nitro groups is 1. The van der Waals surface area contributed by atoms with Crippen LogP contribution < -0.4 is 4.90 Å². The van der Waals surface area contributed by atoms with Crippen molar-refractivity contribution in [3.8, 4) is 0 Å². The Morgan fingerprint density at radius 2 is 2.33 bits per heavy atom. The fourth-order valence-electron chi connectivity index (χ4n) is 2.51. The molecule has 1 aromatic rings. The Balaban J connectivity index is 2.28. The predicted octanol–water partition coefficient (Wildman–Crippen LogP) is 2.43. The summed E-state index contributed by atoms with van der Waals surface area (Å²) in [6.07, 6.45) is 0.456. The maximum absolute atomic E-state index is 13.9. The van der Waals surface area contributed by atoms with Gasteiger partial charge in [0.25, 0.3) is 0 Å². The SMILES string of the molecule is CCn1ncc([N+](=O)[O-])c1N1CCC(F)C(N=[N+]=[N-])CC1. The molecule has 0 amide bonds. The minimum Gasteiger partial charge on any atom is -0.351 e. The van der Waals surface area contributed by atoms with Crippen molar-refractivity contribution in [2.24, 2.45) is 5.11 Å². The van der Waals surface area contributed by atoms with Gasteiger partial charge in [0, 0.05) is 24.5 Å². The van der Waals surface area contributed by atoms with Crippen LogP contribution in [-0.2, 0) is 6.54 Å². The number of rotatable bonds is 4. The molecule has 114 valence electrons. The van der Waals surface area contributed by atoms with Gasteiger partial charge in [0.1, 0.15) is 12.4 Å². The summed E-state index contributed by atoms with van der Waals surface area (Å²) < 4.78 is 15.4. The summed E-state index contributed by atoms with van der Waals surface area (Å²) in [6.45, 7) is 3.03. The molecule has 1 aromatic heterocycles. The molecule has 0 aliphatic carbocycles. The van der Waals surface area contributed by atoms with E-state index in [0.29, 0.717) is 31.9 Å². The molecule has 21 heavy (non-hydrogen) atoms. The summed E-state index contributed by atoms with van der Waals surface area (Å²) in [5, 5.41) is 18.6. The molecular weight excluding hydrogens is 281 g/mol. The molecule has 1 aliphatic heterocycles. The van der Waals surface area contributed by atoms with Gasteiger partial charge >= 0.3 is 5.69 Å². The third-order valence-corrected chi connectivity index (χ3v) is 3.58. The summed E-state index contributed by atoms with van der Waals surface area (Å²) in [6, 6.07) is -0.725. The van der Waals surface area contributed by atoms with E-state index in [0.717, 1.165) is 0 Å². The number of azide groups is 1. The highest BCUT2D eigenvalue weighted by atomic mass is 19.1. The number of hydrogen-bond acceptors (Lipinski definition) is 5. The Bertz CT molecular complexity index is 569. The van der Waals surface area contributed by atoms with E-state index in [4.69, 9.17) is 5.53 Å². The number of aromatic nitrogens is 2. The molecule has 2 heterocycles. The van der Waals surface area contributed by atoms with E-state index in [-0.39, 0.29) is 12.1 Å². The minimum absolute atomic E-state index is 0.0884. The molecule has 2 atom stereocenters. The van der Waals surface area contributed by atoms with Gasteiger partial charge in [-0.15, -0.1) is 0 Å². The Kier molecular flexibility index (Phi) is 4.59. The monoisotopic (exact) mass is 297 g/mol. The lowest BCUT2D eigenvalue weighted by Gasteiger charge is -2.22. The third kappa shape index (κ3) is 3.05. The van der Waals surface area contributed by atoms with Crippen molar-refractivity contribution in [3.05, 3.63) is 26.8 Å². The van der Waals surface area contributed by atoms with Gasteiger partial charge in [-0.3, -0.25) is 10.1 Å². The lowest BCUT2D eigenvalue weighted by molar-refractivity contribution is -0.384. The highest BCUT2D eigenvalue weighted by molar-refractivity contribution is 5.57. The third-order valence-electron chi connectivity index (χ3n) is 3.58. The molecule has 10 heteroatoms. The van der Waals surface area contributed by atoms with Crippen molar-refractivity contribution < 1.29 is 9.31 Å². The fraction of sp³-hybridized carbons (Fsp3) is 0.727. The van der Waals surface area contributed by atoms with E-state index in [1.807, 2.05) is 6.92 Å². The van der Waals surface area contributed by atoms with E-state index < -0.39 is 17.1 Å². The van der Waals surface area contributed by atoms with E-state index in [1.54, 1.807) is 4.90 Å². The molecule has 0 spiro atoms. The number of anilines is 1. The van der Waals surface area contributed by atoms with Crippen LogP contribution in [0.3, 0.4) is 0 Å². The Hall–Kier alpha value is -2.35. The van der Waals surface area contributed by atoms with Crippen molar-refractivity contribution in [2.45, 2.75) is 38.5 Å². The largest absolute Gasteiger partial charge is 0.351 e. The summed E-state index contributed by atoms with van der Waals surface area (Å²) in [5.74, 6) is 0.385. The molecule has 1 aliphatic rings. The second kappa shape index (κ2) is 6.40. The molecule has 9 nitrogen and oxygen atoms in total. The average Bonchev–Trinajstić information content (AvgIpc) is 2.81. The van der Waals surface area contributed by atoms with E-state index in [2.05, 4.69) is 15.1 Å². The van der Waals surface area contributed by atoms with Gasteiger partial charge in [-0.2, -0.15) is 5.10 Å². The molecule has 0 radical (unpaired) electrons. The summed E-state index contributed by atoms with van der Waals surface area (Å²) in [5.41, 5.74) is 8.36. The second-order valence-corrected chi connectivity index (χ2v) is 4.78. The normalized spacial score (nSPS) is 22.5. The number of aryl methyl sites for hydroxylation is 1. The lowest BCUT2D eigenvalue weighted by atomic mass is 10.1. The molecule has 1 saturated heterocycles. The molecule has 1 fully saturated rings. The molecule has 0 aromatic carbocycles. The standard InChI is InChI=1S/C11H16FN7O2/c1-2-18-11(10(7-14-18)19(20)21)17-5-3-8(12)9(4-6-17)15-16-13/h7-9H,2-6H2,1H3. The van der Waals surface area contributed by atoms with Crippen LogP contribution in [-0.4, -0.2) is 40.0 Å². The van der Waals surface area contributed by atoms with Crippen molar-refractivity contribution in [1.29, 1.82) is 0 Å². The highest BCUT2D eigenvalue weighted by Crippen LogP contribution is 2.30. The summed E-state index contributed by atoms with van der Waals surface area (Å²) in [7, 11) is 0. The van der Waals surface area contributed by atoms with Gasteiger partial charge in [0.2, 0.25) is 5.82 Å². The molecular formula is C11H16FN7O2. The zero-order valence-corrected chi connectivity index (χ0v) is 11.6. The number of alkyl halides is 1. The first-order chi connectivity index (χ1) is 10.1. The molecule has 0 N–H and O–H groups in total. The van der Waals surface area contributed by atoms with Gasteiger partial charge in [0.15, 0.2) is 0 Å². The van der Waals surface area contributed by atoms with Gasteiger partial charge in [-0.1, -0.05) is 5.11 Å². The number of halogens is 1. The predicted molar refractivity (Wildman–Crippen MR) is 73.8 cm³/mol. The topological polar surface area (TPSA) is 113 Å². The van der Waals surface area contributed by atoms with Crippen LogP contribution in [0.2, 0.25) is 0 Å². The van der Waals surface area contributed by atoms with Gasteiger partial charge in [-0.05, 0) is 25.3 Å². The van der Waals surface area contributed by atoms with Crippen LogP contribution in [0.4, 0.5) is 15.9 Å². The molecule has 2 unspecified atom stereocenters. The highest BCUT2D eigenvalue weighted by Gasteiger charge is 2.31. The van der Waals surface area contributed by atoms with E-state index in [9.17, 15) is 14.5 Å². The lowest BCUT2D eigenvalue weighted by Crippen LogP contribution is -2.27. The van der Waals surface area contributed by atoms with Gasteiger partial charge in [-0.25, -0.2) is 9.07 Å². The van der Waals surface area contributed by atoms with Crippen LogP contribution in [0.25, 0.3) is 10.4 Å². The van der Waals surface area contributed by atoms with Crippen LogP contribution in [0.15, 0.2) is 11.3 Å². The first-order valence-corrected chi connectivity index (χ1v) is 6.71. The van der Waals surface area contributed by atoms with E-state index >= 15 is 0 Å². The summed E-state index contributed by atoms with van der Waals surface area (Å²) >= 11 is 0. The maximum atomic E-state index is 13.9. The van der Waals surface area contributed by atoms with Crippen molar-refractivity contribution in [2.75, 3.05) is 18.0 Å². The van der Waals surface area contributed by atoms with Gasteiger partial charge in [0.05, 0.1) is 11.0 Å². The average molecular weight is 297 g/mol. The Labute approximate surface area is 120 Å². The zero-order chi connectivity index (χ0) is 15.4. The van der Waals surface area contributed by atoms with Crippen LogP contribution in [0, 0.1) is 10.1 Å². The molecule has 0 bridgehead atoms. The van der Waals surface area contributed by atoms with Crippen molar-refractivity contribution in [1.82, 2.24) is 9.78 Å². The molecule has 2 rings (SSSR count). The van der Waals surface area contributed by atoms with Crippen LogP contribution >= 0.6 is 0 Å². The van der Waals surface area contributed by atoms with Crippen LogP contribution in [0.5, 0.6) is 0 Å². The Morgan fingerprint density at radius 1 is 1.62 bits per heavy atom. The first kappa shape index (κ1) is 15.0. The second-order valence-electron chi connectivity index (χ2n) is 4.78. The van der Waals surface area contributed by atoms with Crippen LogP contribution in [0.1, 0.15) is 19.8 Å². The zero-order valence-electron chi connectivity index (χ0n) is 11.6. The minimum atomic E-state index is -1.23. The van der Waals surface area contributed by atoms with Crippen molar-refractivity contribution in [3.63, 3.8) is 0 Å². The maximum Gasteiger partial charge on any atom is 0.331 e. The smallest absolute Gasteiger partial charge is 0.331 e. The first-order valence-electron chi connectivity index (χ1n) is 6.71.